The maximum atomic E-state index is 12.1. The van der Waals surface area contributed by atoms with Gasteiger partial charge in [-0.1, -0.05) is 18.2 Å². The zero-order valence-electron chi connectivity index (χ0n) is 12.5. The fourth-order valence-corrected chi connectivity index (χ4v) is 2.60. The average Bonchev–Trinajstić information content (AvgIpc) is 2.99. The number of hydrogen-bond donors (Lipinski definition) is 2. The van der Waals surface area contributed by atoms with Gasteiger partial charge in [-0.15, -0.1) is 0 Å². The van der Waals surface area contributed by atoms with Crippen LogP contribution < -0.4 is 11.1 Å². The number of aryl methyl sites for hydroxylation is 1. The van der Waals surface area contributed by atoms with Crippen LogP contribution in [0.15, 0.2) is 24.3 Å². The van der Waals surface area contributed by atoms with E-state index in [-0.39, 0.29) is 11.8 Å². The molecule has 2 rings (SSSR count). The van der Waals surface area contributed by atoms with Gasteiger partial charge in [0.05, 0.1) is 0 Å². The van der Waals surface area contributed by atoms with E-state index >= 15 is 0 Å². The Balaban J connectivity index is 1.78. The Morgan fingerprint density at radius 1 is 1.29 bits per heavy atom. The number of benzene rings is 1. The number of rotatable bonds is 5. The van der Waals surface area contributed by atoms with Crippen molar-refractivity contribution in [3.8, 4) is 0 Å². The molecule has 1 fully saturated rings. The SMILES string of the molecule is CC(NC(=O)CCc1ccccc1N)C(=O)N1CCCC1. The van der Waals surface area contributed by atoms with Crippen LogP contribution in [0.4, 0.5) is 5.69 Å². The molecule has 2 amide bonds. The van der Waals surface area contributed by atoms with E-state index < -0.39 is 6.04 Å². The monoisotopic (exact) mass is 289 g/mol. The molecular formula is C16H23N3O2. The summed E-state index contributed by atoms with van der Waals surface area (Å²) in [6.07, 6.45) is 3.04. The number of carbonyl (C=O) groups is 2. The third kappa shape index (κ3) is 4.21. The van der Waals surface area contributed by atoms with Crippen LogP contribution in [-0.4, -0.2) is 35.8 Å². The molecule has 5 nitrogen and oxygen atoms in total. The van der Waals surface area contributed by atoms with E-state index in [0.717, 1.165) is 31.5 Å². The molecule has 21 heavy (non-hydrogen) atoms. The van der Waals surface area contributed by atoms with Crippen LogP contribution in [0.5, 0.6) is 0 Å². The van der Waals surface area contributed by atoms with Crippen molar-refractivity contribution in [2.24, 2.45) is 0 Å². The highest BCUT2D eigenvalue weighted by Crippen LogP contribution is 2.13. The Bertz CT molecular complexity index is 510. The predicted molar refractivity (Wildman–Crippen MR) is 82.6 cm³/mol. The Hall–Kier alpha value is -2.04. The minimum Gasteiger partial charge on any atom is -0.399 e. The molecule has 3 N–H and O–H groups in total. The second-order valence-electron chi connectivity index (χ2n) is 5.52. The number of para-hydroxylation sites is 1. The molecule has 114 valence electrons. The fourth-order valence-electron chi connectivity index (χ4n) is 2.60. The van der Waals surface area contributed by atoms with E-state index in [0.29, 0.717) is 18.5 Å². The Morgan fingerprint density at radius 3 is 2.62 bits per heavy atom. The van der Waals surface area contributed by atoms with Gasteiger partial charge < -0.3 is 16.0 Å². The molecule has 1 aromatic rings. The largest absolute Gasteiger partial charge is 0.399 e. The van der Waals surface area contributed by atoms with E-state index in [1.807, 2.05) is 29.2 Å². The average molecular weight is 289 g/mol. The number of nitrogens with two attached hydrogens (primary N) is 1. The van der Waals surface area contributed by atoms with Crippen LogP contribution in [0.25, 0.3) is 0 Å². The van der Waals surface area contributed by atoms with Crippen LogP contribution in [-0.2, 0) is 16.0 Å². The molecule has 0 aromatic heterocycles. The standard InChI is InChI=1S/C16H23N3O2/c1-12(16(21)19-10-4-5-11-19)18-15(20)9-8-13-6-2-3-7-14(13)17/h2-3,6-7,12H,4-5,8-11,17H2,1H3,(H,18,20). The van der Waals surface area contributed by atoms with E-state index in [1.54, 1.807) is 6.92 Å². The number of likely N-dealkylation sites (tertiary alicyclic amines) is 1. The number of amides is 2. The molecular weight excluding hydrogens is 266 g/mol. The maximum Gasteiger partial charge on any atom is 0.244 e. The van der Waals surface area contributed by atoms with Crippen molar-refractivity contribution >= 4 is 17.5 Å². The third-order valence-electron chi connectivity index (χ3n) is 3.84. The first-order valence-electron chi connectivity index (χ1n) is 7.49. The number of nitrogen functional groups attached to an aromatic ring is 1. The molecule has 0 bridgehead atoms. The minimum atomic E-state index is -0.455. The number of anilines is 1. The number of hydrogen-bond acceptors (Lipinski definition) is 3. The summed E-state index contributed by atoms with van der Waals surface area (Å²) in [7, 11) is 0. The lowest BCUT2D eigenvalue weighted by atomic mass is 10.1. The zero-order valence-corrected chi connectivity index (χ0v) is 12.5. The van der Waals surface area contributed by atoms with Gasteiger partial charge in [0.2, 0.25) is 11.8 Å². The minimum absolute atomic E-state index is 0.0140. The van der Waals surface area contributed by atoms with Gasteiger partial charge in [-0.3, -0.25) is 9.59 Å². The van der Waals surface area contributed by atoms with Gasteiger partial charge in [0.1, 0.15) is 6.04 Å². The topological polar surface area (TPSA) is 75.4 Å². The third-order valence-corrected chi connectivity index (χ3v) is 3.84. The van der Waals surface area contributed by atoms with E-state index in [2.05, 4.69) is 5.32 Å². The first-order chi connectivity index (χ1) is 10.1. The van der Waals surface area contributed by atoms with Gasteiger partial charge in [-0.2, -0.15) is 0 Å². The molecule has 0 radical (unpaired) electrons. The van der Waals surface area contributed by atoms with Gasteiger partial charge >= 0.3 is 0 Å². The molecule has 1 aliphatic rings. The summed E-state index contributed by atoms with van der Waals surface area (Å²) in [4.78, 5) is 25.9. The van der Waals surface area contributed by atoms with E-state index in [4.69, 9.17) is 5.73 Å². The maximum absolute atomic E-state index is 12.1. The van der Waals surface area contributed by atoms with Crippen LogP contribution in [0.2, 0.25) is 0 Å². The lowest BCUT2D eigenvalue weighted by molar-refractivity contribution is -0.135. The summed E-state index contributed by atoms with van der Waals surface area (Å²) in [5.41, 5.74) is 7.51. The van der Waals surface area contributed by atoms with Crippen molar-refractivity contribution in [2.75, 3.05) is 18.8 Å². The van der Waals surface area contributed by atoms with Crippen molar-refractivity contribution in [1.29, 1.82) is 0 Å². The molecule has 1 aromatic carbocycles. The van der Waals surface area contributed by atoms with E-state index in [1.165, 1.54) is 0 Å². The summed E-state index contributed by atoms with van der Waals surface area (Å²) >= 11 is 0. The summed E-state index contributed by atoms with van der Waals surface area (Å²) in [6.45, 7) is 3.36. The summed E-state index contributed by atoms with van der Waals surface area (Å²) in [6, 6.07) is 7.07. The molecule has 0 aliphatic carbocycles. The first-order valence-corrected chi connectivity index (χ1v) is 7.49. The van der Waals surface area contributed by atoms with Crippen LogP contribution in [0, 0.1) is 0 Å². The highest BCUT2D eigenvalue weighted by Gasteiger charge is 2.24. The Morgan fingerprint density at radius 2 is 1.95 bits per heavy atom. The smallest absolute Gasteiger partial charge is 0.244 e. The lowest BCUT2D eigenvalue weighted by Crippen LogP contribution is -2.46. The molecule has 0 saturated carbocycles. The quantitative estimate of drug-likeness (QED) is 0.803. The van der Waals surface area contributed by atoms with Crippen molar-refractivity contribution in [2.45, 2.75) is 38.6 Å². The van der Waals surface area contributed by atoms with Gasteiger partial charge in [0.15, 0.2) is 0 Å². The van der Waals surface area contributed by atoms with Gasteiger partial charge in [0.25, 0.3) is 0 Å². The Kier molecular flexibility index (Phi) is 5.20. The van der Waals surface area contributed by atoms with Crippen molar-refractivity contribution in [3.63, 3.8) is 0 Å². The molecule has 0 spiro atoms. The van der Waals surface area contributed by atoms with Crippen molar-refractivity contribution in [1.82, 2.24) is 10.2 Å². The van der Waals surface area contributed by atoms with Crippen LogP contribution >= 0.6 is 0 Å². The molecule has 5 heteroatoms. The first kappa shape index (κ1) is 15.4. The molecule has 1 heterocycles. The van der Waals surface area contributed by atoms with Gasteiger partial charge in [-0.25, -0.2) is 0 Å². The molecule has 1 aliphatic heterocycles. The van der Waals surface area contributed by atoms with Crippen molar-refractivity contribution in [3.05, 3.63) is 29.8 Å². The van der Waals surface area contributed by atoms with Crippen LogP contribution in [0.3, 0.4) is 0 Å². The Labute approximate surface area is 125 Å². The molecule has 1 unspecified atom stereocenters. The van der Waals surface area contributed by atoms with Gasteiger partial charge in [0, 0.05) is 25.2 Å². The van der Waals surface area contributed by atoms with Crippen molar-refractivity contribution < 1.29 is 9.59 Å². The van der Waals surface area contributed by atoms with Gasteiger partial charge in [-0.05, 0) is 37.8 Å². The normalized spacial score (nSPS) is 15.8. The second kappa shape index (κ2) is 7.11. The zero-order chi connectivity index (χ0) is 15.2. The fraction of sp³-hybridized carbons (Fsp3) is 0.500. The molecule has 1 atom stereocenters. The summed E-state index contributed by atoms with van der Waals surface area (Å²) < 4.78 is 0. The molecule has 1 saturated heterocycles. The predicted octanol–water partition coefficient (Wildman–Crippen LogP) is 1.33. The number of carbonyl (C=O) groups excluding carboxylic acids is 2. The lowest BCUT2D eigenvalue weighted by Gasteiger charge is -2.21. The number of nitrogens with zero attached hydrogens (tertiary/aromatic N) is 1. The summed E-state index contributed by atoms with van der Waals surface area (Å²) in [5, 5.41) is 2.78. The highest BCUT2D eigenvalue weighted by atomic mass is 16.2. The number of nitrogens with one attached hydrogen (secondary N) is 1. The highest BCUT2D eigenvalue weighted by molar-refractivity contribution is 5.87. The van der Waals surface area contributed by atoms with Crippen LogP contribution in [0.1, 0.15) is 31.7 Å². The summed E-state index contributed by atoms with van der Waals surface area (Å²) in [5.74, 6) is -0.0987. The van der Waals surface area contributed by atoms with E-state index in [9.17, 15) is 9.59 Å². The second-order valence-corrected chi connectivity index (χ2v) is 5.52.